The topological polar surface area (TPSA) is 49.6 Å². The molecular weight excluding hydrogens is 250 g/mol. The van der Waals surface area contributed by atoms with Gasteiger partial charge in [-0.2, -0.15) is 0 Å². The zero-order chi connectivity index (χ0) is 14.4. The molecule has 0 aromatic heterocycles. The van der Waals surface area contributed by atoms with Gasteiger partial charge in [0.25, 0.3) is 0 Å². The van der Waals surface area contributed by atoms with Crippen LogP contribution in [0.2, 0.25) is 0 Å². The van der Waals surface area contributed by atoms with Gasteiger partial charge in [-0.1, -0.05) is 31.8 Å². The maximum atomic E-state index is 12.9. The summed E-state index contributed by atoms with van der Waals surface area (Å²) >= 11 is 0. The maximum absolute atomic E-state index is 12.9. The number of amides is 1. The Morgan fingerprint density at radius 3 is 2.20 bits per heavy atom. The molecule has 1 aliphatic heterocycles. The molecule has 20 heavy (non-hydrogen) atoms. The molecule has 4 nitrogen and oxygen atoms in total. The van der Waals surface area contributed by atoms with Crippen LogP contribution in [0.25, 0.3) is 0 Å². The second-order valence-corrected chi connectivity index (χ2v) is 6.28. The van der Waals surface area contributed by atoms with Crippen LogP contribution in [0.1, 0.15) is 38.5 Å². The normalized spacial score (nSPS) is 24.1. The number of hydrogen-bond donors (Lipinski definition) is 1. The van der Waals surface area contributed by atoms with Gasteiger partial charge < -0.3 is 10.6 Å². The fourth-order valence-corrected chi connectivity index (χ4v) is 3.56. The van der Waals surface area contributed by atoms with Crippen molar-refractivity contribution >= 4 is 5.91 Å². The Labute approximate surface area is 123 Å². The van der Waals surface area contributed by atoms with Gasteiger partial charge in [0.1, 0.15) is 0 Å². The molecule has 2 fully saturated rings. The number of hydrogen-bond acceptors (Lipinski definition) is 3. The molecule has 114 valence electrons. The van der Waals surface area contributed by atoms with E-state index in [9.17, 15) is 4.79 Å². The fraction of sp³-hybridized carbons (Fsp3) is 0.812. The van der Waals surface area contributed by atoms with Crippen LogP contribution >= 0.6 is 0 Å². The smallest absolute Gasteiger partial charge is 0.230 e. The van der Waals surface area contributed by atoms with Crippen LogP contribution in [-0.2, 0) is 4.79 Å². The van der Waals surface area contributed by atoms with Gasteiger partial charge in [-0.25, -0.2) is 0 Å². The zero-order valence-corrected chi connectivity index (χ0v) is 12.6. The first-order chi connectivity index (χ1) is 9.72. The SMILES string of the molecule is C=CCN1CCN(C(=O)C2(CN)CCCCCC2)CC1. The summed E-state index contributed by atoms with van der Waals surface area (Å²) in [5.74, 6) is 0.320. The van der Waals surface area contributed by atoms with E-state index >= 15 is 0 Å². The Morgan fingerprint density at radius 1 is 1.10 bits per heavy atom. The first-order valence-electron chi connectivity index (χ1n) is 8.04. The van der Waals surface area contributed by atoms with Crippen LogP contribution in [0.3, 0.4) is 0 Å². The predicted molar refractivity (Wildman–Crippen MR) is 82.4 cm³/mol. The standard InChI is InChI=1S/C16H29N3O/c1-2-9-18-10-12-19(13-11-18)15(20)16(14-17)7-5-3-4-6-8-16/h2H,1,3-14,17H2. The van der Waals surface area contributed by atoms with E-state index in [1.165, 1.54) is 12.8 Å². The number of rotatable bonds is 4. The van der Waals surface area contributed by atoms with Gasteiger partial charge in [0.2, 0.25) is 5.91 Å². The summed E-state index contributed by atoms with van der Waals surface area (Å²) in [5, 5.41) is 0. The Bertz CT molecular complexity index is 327. The van der Waals surface area contributed by atoms with Crippen molar-refractivity contribution in [1.29, 1.82) is 0 Å². The molecule has 4 heteroatoms. The van der Waals surface area contributed by atoms with E-state index in [4.69, 9.17) is 5.73 Å². The summed E-state index contributed by atoms with van der Waals surface area (Å²) in [7, 11) is 0. The first-order valence-corrected chi connectivity index (χ1v) is 8.04. The number of carbonyl (C=O) groups is 1. The number of piperazine rings is 1. The summed E-state index contributed by atoms with van der Waals surface area (Å²) in [5.41, 5.74) is 5.75. The van der Waals surface area contributed by atoms with Crippen molar-refractivity contribution in [2.75, 3.05) is 39.3 Å². The van der Waals surface area contributed by atoms with Gasteiger partial charge in [-0.3, -0.25) is 9.69 Å². The molecule has 0 bridgehead atoms. The third-order valence-electron chi connectivity index (χ3n) is 4.95. The molecular formula is C16H29N3O. The van der Waals surface area contributed by atoms with Crippen LogP contribution in [0.15, 0.2) is 12.7 Å². The molecule has 0 unspecified atom stereocenters. The van der Waals surface area contributed by atoms with E-state index in [1.807, 2.05) is 6.08 Å². The van der Waals surface area contributed by atoms with Gasteiger partial charge in [0, 0.05) is 39.3 Å². The maximum Gasteiger partial charge on any atom is 0.230 e. The van der Waals surface area contributed by atoms with Gasteiger partial charge in [0.15, 0.2) is 0 Å². The van der Waals surface area contributed by atoms with Crippen molar-refractivity contribution in [3.05, 3.63) is 12.7 Å². The highest BCUT2D eigenvalue weighted by Gasteiger charge is 2.40. The van der Waals surface area contributed by atoms with Crippen LogP contribution in [-0.4, -0.2) is 55.0 Å². The van der Waals surface area contributed by atoms with Gasteiger partial charge >= 0.3 is 0 Å². The second-order valence-electron chi connectivity index (χ2n) is 6.28. The highest BCUT2D eigenvalue weighted by atomic mass is 16.2. The van der Waals surface area contributed by atoms with Crippen molar-refractivity contribution in [3.63, 3.8) is 0 Å². The van der Waals surface area contributed by atoms with Crippen molar-refractivity contribution in [1.82, 2.24) is 9.80 Å². The molecule has 2 rings (SSSR count). The number of nitrogens with two attached hydrogens (primary N) is 1. The zero-order valence-electron chi connectivity index (χ0n) is 12.6. The third kappa shape index (κ3) is 3.41. The lowest BCUT2D eigenvalue weighted by Gasteiger charge is -2.40. The third-order valence-corrected chi connectivity index (χ3v) is 4.95. The van der Waals surface area contributed by atoms with E-state index in [0.717, 1.165) is 58.4 Å². The van der Waals surface area contributed by atoms with Crippen molar-refractivity contribution in [2.24, 2.45) is 11.1 Å². The summed E-state index contributed by atoms with van der Waals surface area (Å²) in [6.45, 7) is 8.81. The Kier molecular flexibility index (Phi) is 5.61. The van der Waals surface area contributed by atoms with Crippen LogP contribution in [0.4, 0.5) is 0 Å². The minimum Gasteiger partial charge on any atom is -0.340 e. The van der Waals surface area contributed by atoms with E-state index in [1.54, 1.807) is 0 Å². The lowest BCUT2D eigenvalue weighted by Crippen LogP contribution is -2.54. The molecule has 0 aromatic rings. The average Bonchev–Trinajstić information content (AvgIpc) is 2.74. The van der Waals surface area contributed by atoms with E-state index in [0.29, 0.717) is 12.5 Å². The molecule has 1 amide bonds. The minimum absolute atomic E-state index is 0.267. The molecule has 1 saturated carbocycles. The summed E-state index contributed by atoms with van der Waals surface area (Å²) in [6, 6.07) is 0. The lowest BCUT2D eigenvalue weighted by molar-refractivity contribution is -0.144. The minimum atomic E-state index is -0.267. The highest BCUT2D eigenvalue weighted by molar-refractivity contribution is 5.83. The molecule has 1 heterocycles. The highest BCUT2D eigenvalue weighted by Crippen LogP contribution is 2.36. The summed E-state index contributed by atoms with van der Waals surface area (Å²) in [6.07, 6.45) is 8.71. The molecule has 0 aromatic carbocycles. The average molecular weight is 279 g/mol. The molecule has 1 aliphatic carbocycles. The van der Waals surface area contributed by atoms with Crippen LogP contribution in [0.5, 0.6) is 0 Å². The van der Waals surface area contributed by atoms with E-state index in [2.05, 4.69) is 16.4 Å². The Balaban J connectivity index is 1.97. The number of carbonyl (C=O) groups excluding carboxylic acids is 1. The molecule has 0 spiro atoms. The van der Waals surface area contributed by atoms with E-state index in [-0.39, 0.29) is 5.41 Å². The van der Waals surface area contributed by atoms with Crippen LogP contribution < -0.4 is 5.73 Å². The van der Waals surface area contributed by atoms with Crippen molar-refractivity contribution in [2.45, 2.75) is 38.5 Å². The fourth-order valence-electron chi connectivity index (χ4n) is 3.56. The lowest BCUT2D eigenvalue weighted by atomic mass is 9.79. The molecule has 2 aliphatic rings. The second kappa shape index (κ2) is 7.23. The van der Waals surface area contributed by atoms with E-state index < -0.39 is 0 Å². The summed E-state index contributed by atoms with van der Waals surface area (Å²) < 4.78 is 0. The van der Waals surface area contributed by atoms with Gasteiger partial charge in [-0.05, 0) is 12.8 Å². The van der Waals surface area contributed by atoms with Crippen molar-refractivity contribution in [3.8, 4) is 0 Å². The summed E-state index contributed by atoms with van der Waals surface area (Å²) in [4.78, 5) is 17.3. The predicted octanol–water partition coefficient (Wildman–Crippen LogP) is 1.62. The monoisotopic (exact) mass is 279 g/mol. The van der Waals surface area contributed by atoms with Gasteiger partial charge in [-0.15, -0.1) is 6.58 Å². The quantitative estimate of drug-likeness (QED) is 0.628. The molecule has 0 atom stereocenters. The molecule has 2 N–H and O–H groups in total. The van der Waals surface area contributed by atoms with Gasteiger partial charge in [0.05, 0.1) is 5.41 Å². The molecule has 1 saturated heterocycles. The van der Waals surface area contributed by atoms with Crippen LogP contribution in [0, 0.1) is 5.41 Å². The number of nitrogens with zero attached hydrogens (tertiary/aromatic N) is 2. The Hall–Kier alpha value is -0.870. The molecule has 0 radical (unpaired) electrons. The Morgan fingerprint density at radius 2 is 1.70 bits per heavy atom. The van der Waals surface area contributed by atoms with Crippen molar-refractivity contribution < 1.29 is 4.79 Å². The largest absolute Gasteiger partial charge is 0.340 e. The first kappa shape index (κ1) is 15.5.